The Morgan fingerprint density at radius 1 is 1.30 bits per heavy atom. The van der Waals surface area contributed by atoms with Crippen molar-refractivity contribution in [1.82, 2.24) is 9.88 Å². The number of aryl methyl sites for hydroxylation is 1. The van der Waals surface area contributed by atoms with E-state index < -0.39 is 0 Å². The van der Waals surface area contributed by atoms with E-state index in [-0.39, 0.29) is 24.5 Å². The monoisotopic (exact) mass is 395 g/mol. The molecule has 0 bridgehead atoms. The van der Waals surface area contributed by atoms with Crippen molar-refractivity contribution in [3.63, 3.8) is 0 Å². The molecule has 2 amide bonds. The number of aromatic nitrogens is 1. The highest BCUT2D eigenvalue weighted by atomic mass is 32.1. The maximum atomic E-state index is 12.7. The standard InChI is InChI=1S/C20H33N3O3S/c1-3-4-5-6-7-8-11-19(25)23(13-17-10-9-12-26-17)14-18(24)22-20-21-16(2)15-27-20/h15,17H,3-14H2,1-2H3,(H,21,22,24). The van der Waals surface area contributed by atoms with Crippen molar-refractivity contribution in [1.29, 1.82) is 0 Å². The molecule has 1 saturated heterocycles. The second-order valence-corrected chi connectivity index (χ2v) is 8.13. The molecule has 1 N–H and O–H groups in total. The van der Waals surface area contributed by atoms with Crippen LogP contribution < -0.4 is 5.32 Å². The van der Waals surface area contributed by atoms with Gasteiger partial charge in [0.05, 0.1) is 11.8 Å². The third-order valence-corrected chi connectivity index (χ3v) is 5.62. The lowest BCUT2D eigenvalue weighted by atomic mass is 10.1. The summed E-state index contributed by atoms with van der Waals surface area (Å²) in [6.45, 7) is 5.39. The summed E-state index contributed by atoms with van der Waals surface area (Å²) in [5.74, 6) is -0.148. The maximum Gasteiger partial charge on any atom is 0.245 e. The number of hydrogen-bond acceptors (Lipinski definition) is 5. The Labute approximate surface area is 166 Å². The van der Waals surface area contributed by atoms with Gasteiger partial charge in [0.15, 0.2) is 5.13 Å². The highest BCUT2D eigenvalue weighted by Gasteiger charge is 2.24. The smallest absolute Gasteiger partial charge is 0.245 e. The molecule has 1 fully saturated rings. The van der Waals surface area contributed by atoms with Crippen LogP contribution in [0.5, 0.6) is 0 Å². The number of ether oxygens (including phenoxy) is 1. The molecular weight excluding hydrogens is 362 g/mol. The summed E-state index contributed by atoms with van der Waals surface area (Å²) in [6.07, 6.45) is 9.38. The Bertz CT molecular complexity index is 585. The summed E-state index contributed by atoms with van der Waals surface area (Å²) < 4.78 is 5.67. The molecule has 1 aliphatic rings. The Hall–Kier alpha value is -1.47. The van der Waals surface area contributed by atoms with Crippen molar-refractivity contribution in [3.05, 3.63) is 11.1 Å². The minimum atomic E-state index is -0.196. The van der Waals surface area contributed by atoms with E-state index in [2.05, 4.69) is 17.2 Å². The molecule has 0 spiro atoms. The van der Waals surface area contributed by atoms with Crippen LogP contribution in [-0.4, -0.2) is 47.5 Å². The van der Waals surface area contributed by atoms with Gasteiger partial charge in [-0.05, 0) is 26.2 Å². The third-order valence-electron chi connectivity index (χ3n) is 4.74. The first kappa shape index (κ1) is 21.8. The number of thiazole rings is 1. The minimum Gasteiger partial charge on any atom is -0.376 e. The van der Waals surface area contributed by atoms with E-state index in [0.717, 1.165) is 38.0 Å². The topological polar surface area (TPSA) is 71.5 Å². The van der Waals surface area contributed by atoms with Gasteiger partial charge >= 0.3 is 0 Å². The number of carbonyl (C=O) groups excluding carboxylic acids is 2. The lowest BCUT2D eigenvalue weighted by Crippen LogP contribution is -2.42. The molecule has 7 heteroatoms. The first-order chi connectivity index (χ1) is 13.1. The number of hydrogen-bond donors (Lipinski definition) is 1. The Morgan fingerprint density at radius 2 is 2.07 bits per heavy atom. The summed E-state index contributed by atoms with van der Waals surface area (Å²) in [5, 5.41) is 5.27. The van der Waals surface area contributed by atoms with Crippen molar-refractivity contribution in [2.24, 2.45) is 0 Å². The number of nitrogens with one attached hydrogen (secondary N) is 1. The fraction of sp³-hybridized carbons (Fsp3) is 0.750. The summed E-state index contributed by atoms with van der Waals surface area (Å²) in [5.41, 5.74) is 0.880. The second-order valence-electron chi connectivity index (χ2n) is 7.27. The van der Waals surface area contributed by atoms with Crippen molar-refractivity contribution < 1.29 is 14.3 Å². The highest BCUT2D eigenvalue weighted by Crippen LogP contribution is 2.17. The number of carbonyl (C=O) groups is 2. The van der Waals surface area contributed by atoms with E-state index in [9.17, 15) is 9.59 Å². The summed E-state index contributed by atoms with van der Waals surface area (Å²) in [7, 11) is 0. The van der Waals surface area contributed by atoms with Gasteiger partial charge in [-0.1, -0.05) is 39.0 Å². The predicted octanol–water partition coefficient (Wildman–Crippen LogP) is 4.15. The lowest BCUT2D eigenvalue weighted by Gasteiger charge is -2.25. The Balaban J connectivity index is 1.81. The fourth-order valence-corrected chi connectivity index (χ4v) is 3.95. The molecule has 27 heavy (non-hydrogen) atoms. The summed E-state index contributed by atoms with van der Waals surface area (Å²) >= 11 is 1.40. The third kappa shape index (κ3) is 8.39. The SMILES string of the molecule is CCCCCCCCC(=O)N(CC(=O)Nc1nc(C)cs1)CC1CCCO1. The molecule has 1 aliphatic heterocycles. The largest absolute Gasteiger partial charge is 0.376 e. The number of amides is 2. The van der Waals surface area contributed by atoms with Crippen molar-refractivity contribution in [3.8, 4) is 0 Å². The number of nitrogens with zero attached hydrogens (tertiary/aromatic N) is 2. The minimum absolute atomic E-state index is 0.0476. The molecule has 2 rings (SSSR count). The molecule has 152 valence electrons. The molecule has 2 heterocycles. The van der Waals surface area contributed by atoms with E-state index in [4.69, 9.17) is 4.74 Å². The predicted molar refractivity (Wildman–Crippen MR) is 109 cm³/mol. The van der Waals surface area contributed by atoms with Crippen molar-refractivity contribution in [2.45, 2.75) is 77.7 Å². The number of unbranched alkanes of at least 4 members (excludes halogenated alkanes) is 5. The van der Waals surface area contributed by atoms with Crippen molar-refractivity contribution >= 4 is 28.3 Å². The van der Waals surface area contributed by atoms with Crippen LogP contribution in [0.3, 0.4) is 0 Å². The zero-order valence-corrected chi connectivity index (χ0v) is 17.5. The van der Waals surface area contributed by atoms with Crippen LogP contribution in [-0.2, 0) is 14.3 Å². The van der Waals surface area contributed by atoms with Gasteiger partial charge in [-0.25, -0.2) is 4.98 Å². The molecule has 1 atom stereocenters. The molecule has 0 aromatic carbocycles. The number of rotatable bonds is 12. The Kier molecular flexibility index (Phi) is 9.77. The van der Waals surface area contributed by atoms with E-state index in [1.54, 1.807) is 4.90 Å². The first-order valence-electron chi connectivity index (χ1n) is 10.2. The summed E-state index contributed by atoms with van der Waals surface area (Å²) in [4.78, 5) is 31.0. The zero-order valence-electron chi connectivity index (χ0n) is 16.7. The molecule has 1 aromatic rings. The van der Waals surface area contributed by atoms with Gasteiger partial charge in [0.2, 0.25) is 11.8 Å². The molecule has 1 unspecified atom stereocenters. The van der Waals surface area contributed by atoms with Crippen LogP contribution in [0.1, 0.15) is 70.4 Å². The lowest BCUT2D eigenvalue weighted by molar-refractivity contribution is -0.136. The molecule has 0 saturated carbocycles. The average molecular weight is 396 g/mol. The molecule has 1 aromatic heterocycles. The van der Waals surface area contributed by atoms with Gasteiger partial charge in [-0.15, -0.1) is 11.3 Å². The van der Waals surface area contributed by atoms with Crippen LogP contribution in [0.2, 0.25) is 0 Å². The summed E-state index contributed by atoms with van der Waals surface area (Å²) in [6, 6.07) is 0. The van der Waals surface area contributed by atoms with Gasteiger partial charge in [0.1, 0.15) is 6.54 Å². The highest BCUT2D eigenvalue weighted by molar-refractivity contribution is 7.13. The fourth-order valence-electron chi connectivity index (χ4n) is 3.25. The average Bonchev–Trinajstić information content (AvgIpc) is 3.29. The van der Waals surface area contributed by atoms with Crippen molar-refractivity contribution in [2.75, 3.05) is 25.0 Å². The molecular formula is C20H33N3O3S. The van der Waals surface area contributed by atoms with Crippen LogP contribution in [0.4, 0.5) is 5.13 Å². The van der Waals surface area contributed by atoms with Gasteiger partial charge < -0.3 is 15.0 Å². The zero-order chi connectivity index (χ0) is 19.5. The van der Waals surface area contributed by atoms with Crippen LogP contribution in [0, 0.1) is 6.92 Å². The number of anilines is 1. The van der Waals surface area contributed by atoms with Crippen LogP contribution in [0.25, 0.3) is 0 Å². The second kappa shape index (κ2) is 12.1. The van der Waals surface area contributed by atoms with E-state index in [1.165, 1.54) is 37.0 Å². The first-order valence-corrected chi connectivity index (χ1v) is 11.1. The van der Waals surface area contributed by atoms with Gasteiger partial charge in [-0.3, -0.25) is 9.59 Å². The normalized spacial score (nSPS) is 16.4. The van der Waals surface area contributed by atoms with Gasteiger partial charge in [0.25, 0.3) is 0 Å². The van der Waals surface area contributed by atoms with Gasteiger partial charge in [0, 0.05) is 25.0 Å². The van der Waals surface area contributed by atoms with E-state index in [0.29, 0.717) is 18.1 Å². The maximum absolute atomic E-state index is 12.7. The van der Waals surface area contributed by atoms with E-state index >= 15 is 0 Å². The molecule has 0 radical (unpaired) electrons. The van der Waals surface area contributed by atoms with Gasteiger partial charge in [-0.2, -0.15) is 0 Å². The molecule has 6 nitrogen and oxygen atoms in total. The van der Waals surface area contributed by atoms with E-state index in [1.807, 2.05) is 12.3 Å². The van der Waals surface area contributed by atoms with Crippen LogP contribution >= 0.6 is 11.3 Å². The Morgan fingerprint density at radius 3 is 2.74 bits per heavy atom. The molecule has 0 aliphatic carbocycles. The quantitative estimate of drug-likeness (QED) is 0.540. The van der Waals surface area contributed by atoms with Crippen LogP contribution in [0.15, 0.2) is 5.38 Å².